The molecule has 3 rings (SSSR count). The van der Waals surface area contributed by atoms with Gasteiger partial charge in [0.1, 0.15) is 0 Å². The highest BCUT2D eigenvalue weighted by molar-refractivity contribution is 14.1. The molecular weight excluding hydrogens is 375 g/mol. The van der Waals surface area contributed by atoms with E-state index >= 15 is 0 Å². The number of carbonyl (C=O) groups is 1. The molecule has 2 aromatic carbocycles. The Morgan fingerprint density at radius 2 is 1.81 bits per heavy atom. The van der Waals surface area contributed by atoms with Crippen molar-refractivity contribution in [3.8, 4) is 0 Å². The van der Waals surface area contributed by atoms with Crippen LogP contribution in [0.3, 0.4) is 0 Å². The molecule has 0 aliphatic carbocycles. The number of rotatable bonds is 2. The number of hydrogen-bond donors (Lipinski definition) is 1. The molecule has 0 radical (unpaired) electrons. The van der Waals surface area contributed by atoms with Gasteiger partial charge in [-0.2, -0.15) is 0 Å². The van der Waals surface area contributed by atoms with E-state index < -0.39 is 0 Å². The number of Topliss-reactive ketones (excluding diaryl/α,β-unsaturated/α-hetero) is 1. The molecule has 4 heteroatoms. The standard InChI is InChI=1S/C17H15IN2O/c1-20(2)13-6-3-11(4-7-13)9-16-17(21)14-10-12(18)5-8-15(14)19-16/h3-10,19H,1-2H3/b16-9-. The summed E-state index contributed by atoms with van der Waals surface area (Å²) in [4.78, 5) is 14.4. The van der Waals surface area contributed by atoms with E-state index in [4.69, 9.17) is 0 Å². The molecule has 1 N–H and O–H groups in total. The van der Waals surface area contributed by atoms with Crippen molar-refractivity contribution in [3.63, 3.8) is 0 Å². The van der Waals surface area contributed by atoms with Crippen molar-refractivity contribution in [2.45, 2.75) is 0 Å². The summed E-state index contributed by atoms with van der Waals surface area (Å²) in [6.45, 7) is 0. The Hall–Kier alpha value is -1.82. The molecule has 0 atom stereocenters. The molecule has 0 saturated carbocycles. The third-order valence-corrected chi connectivity index (χ3v) is 4.13. The van der Waals surface area contributed by atoms with Gasteiger partial charge in [-0.25, -0.2) is 0 Å². The average molecular weight is 390 g/mol. The second kappa shape index (κ2) is 5.52. The van der Waals surface area contributed by atoms with Gasteiger partial charge in [0, 0.05) is 34.6 Å². The lowest BCUT2D eigenvalue weighted by Crippen LogP contribution is -2.08. The van der Waals surface area contributed by atoms with Gasteiger partial charge in [-0.1, -0.05) is 12.1 Å². The molecule has 0 amide bonds. The number of anilines is 2. The summed E-state index contributed by atoms with van der Waals surface area (Å²) in [5.74, 6) is 0.0557. The number of ketones is 1. The summed E-state index contributed by atoms with van der Waals surface area (Å²) in [5.41, 5.74) is 4.42. The van der Waals surface area contributed by atoms with Gasteiger partial charge in [0.2, 0.25) is 5.78 Å². The van der Waals surface area contributed by atoms with E-state index in [9.17, 15) is 4.79 Å². The predicted octanol–water partition coefficient (Wildman–Crippen LogP) is 4.01. The third kappa shape index (κ3) is 2.81. The van der Waals surface area contributed by atoms with Crippen LogP contribution in [0, 0.1) is 3.57 Å². The van der Waals surface area contributed by atoms with Gasteiger partial charge in [0.15, 0.2) is 0 Å². The molecule has 1 aliphatic rings. The SMILES string of the molecule is CN(C)c1ccc(/C=C2\Nc3ccc(I)cc3C2=O)cc1. The van der Waals surface area contributed by atoms with Crippen LogP contribution in [0.15, 0.2) is 48.2 Å². The summed E-state index contributed by atoms with van der Waals surface area (Å²) in [7, 11) is 4.02. The minimum Gasteiger partial charge on any atom is -0.378 e. The minimum absolute atomic E-state index is 0.0557. The lowest BCUT2D eigenvalue weighted by Gasteiger charge is -2.11. The number of nitrogens with zero attached hydrogens (tertiary/aromatic N) is 1. The zero-order valence-corrected chi connectivity index (χ0v) is 14.0. The fraction of sp³-hybridized carbons (Fsp3) is 0.118. The lowest BCUT2D eigenvalue weighted by atomic mass is 10.1. The van der Waals surface area contributed by atoms with Gasteiger partial charge in [-0.3, -0.25) is 4.79 Å². The van der Waals surface area contributed by atoms with Crippen molar-refractivity contribution < 1.29 is 4.79 Å². The van der Waals surface area contributed by atoms with Crippen molar-refractivity contribution in [1.29, 1.82) is 0 Å². The Morgan fingerprint density at radius 3 is 2.48 bits per heavy atom. The Morgan fingerprint density at radius 1 is 1.10 bits per heavy atom. The summed E-state index contributed by atoms with van der Waals surface area (Å²) in [5, 5.41) is 3.20. The summed E-state index contributed by atoms with van der Waals surface area (Å²) in [6, 6.07) is 14.0. The van der Waals surface area contributed by atoms with E-state index in [1.807, 2.05) is 67.5 Å². The summed E-state index contributed by atoms with van der Waals surface area (Å²) >= 11 is 2.22. The predicted molar refractivity (Wildman–Crippen MR) is 95.9 cm³/mol. The van der Waals surface area contributed by atoms with Crippen LogP contribution in [0.4, 0.5) is 11.4 Å². The maximum Gasteiger partial charge on any atom is 0.211 e. The van der Waals surface area contributed by atoms with E-state index in [0.717, 1.165) is 26.1 Å². The van der Waals surface area contributed by atoms with Gasteiger partial charge < -0.3 is 10.2 Å². The quantitative estimate of drug-likeness (QED) is 0.622. The van der Waals surface area contributed by atoms with Gasteiger partial charge >= 0.3 is 0 Å². The van der Waals surface area contributed by atoms with Crippen LogP contribution >= 0.6 is 22.6 Å². The number of allylic oxidation sites excluding steroid dienone is 1. The topological polar surface area (TPSA) is 32.3 Å². The summed E-state index contributed by atoms with van der Waals surface area (Å²) < 4.78 is 1.07. The highest BCUT2D eigenvalue weighted by atomic mass is 127. The molecular formula is C17H15IN2O. The number of benzene rings is 2. The number of carbonyl (C=O) groups excluding carboxylic acids is 1. The molecule has 0 spiro atoms. The van der Waals surface area contributed by atoms with Crippen LogP contribution < -0.4 is 10.2 Å². The van der Waals surface area contributed by atoms with Gasteiger partial charge in [-0.05, 0) is 64.6 Å². The molecule has 106 valence electrons. The van der Waals surface area contributed by atoms with Crippen LogP contribution in [0.25, 0.3) is 6.08 Å². The second-order valence-corrected chi connectivity index (χ2v) is 6.43. The first-order valence-corrected chi connectivity index (χ1v) is 7.73. The van der Waals surface area contributed by atoms with E-state index in [2.05, 4.69) is 27.9 Å². The van der Waals surface area contributed by atoms with Crippen molar-refractivity contribution in [3.05, 3.63) is 62.9 Å². The van der Waals surface area contributed by atoms with E-state index in [1.165, 1.54) is 0 Å². The Balaban J connectivity index is 1.90. The molecule has 3 nitrogen and oxygen atoms in total. The normalized spacial score (nSPS) is 15.0. The van der Waals surface area contributed by atoms with Gasteiger partial charge in [-0.15, -0.1) is 0 Å². The Labute approximate surface area is 137 Å². The average Bonchev–Trinajstić information content (AvgIpc) is 2.76. The number of halogens is 1. The Kier molecular flexibility index (Phi) is 3.71. The molecule has 0 saturated heterocycles. The van der Waals surface area contributed by atoms with E-state index in [0.29, 0.717) is 5.70 Å². The minimum atomic E-state index is 0.0557. The fourth-order valence-corrected chi connectivity index (χ4v) is 2.79. The molecule has 1 heterocycles. The van der Waals surface area contributed by atoms with Crippen LogP contribution in [-0.4, -0.2) is 19.9 Å². The number of nitrogens with one attached hydrogen (secondary N) is 1. The Bertz CT molecular complexity index is 733. The van der Waals surface area contributed by atoms with Crippen LogP contribution in [0.1, 0.15) is 15.9 Å². The fourth-order valence-electron chi connectivity index (χ4n) is 2.30. The molecule has 1 aliphatic heterocycles. The van der Waals surface area contributed by atoms with E-state index in [-0.39, 0.29) is 5.78 Å². The molecule has 0 unspecified atom stereocenters. The molecule has 0 aromatic heterocycles. The maximum atomic E-state index is 12.4. The monoisotopic (exact) mass is 390 g/mol. The molecule has 0 bridgehead atoms. The molecule has 2 aromatic rings. The van der Waals surface area contributed by atoms with Crippen molar-refractivity contribution in [1.82, 2.24) is 0 Å². The zero-order chi connectivity index (χ0) is 15.0. The van der Waals surface area contributed by atoms with Crippen LogP contribution in [0.2, 0.25) is 0 Å². The molecule has 21 heavy (non-hydrogen) atoms. The van der Waals surface area contributed by atoms with Gasteiger partial charge in [0.05, 0.1) is 5.70 Å². The van der Waals surface area contributed by atoms with Crippen molar-refractivity contribution >= 4 is 45.8 Å². The van der Waals surface area contributed by atoms with Crippen LogP contribution in [0.5, 0.6) is 0 Å². The highest BCUT2D eigenvalue weighted by Crippen LogP contribution is 2.30. The first-order valence-electron chi connectivity index (χ1n) is 6.65. The second-order valence-electron chi connectivity index (χ2n) is 5.19. The van der Waals surface area contributed by atoms with Crippen LogP contribution in [-0.2, 0) is 0 Å². The van der Waals surface area contributed by atoms with E-state index in [1.54, 1.807) is 0 Å². The third-order valence-electron chi connectivity index (χ3n) is 3.46. The number of fused-ring (bicyclic) bond motifs is 1. The lowest BCUT2D eigenvalue weighted by molar-refractivity contribution is 0.104. The smallest absolute Gasteiger partial charge is 0.211 e. The largest absolute Gasteiger partial charge is 0.378 e. The van der Waals surface area contributed by atoms with Crippen molar-refractivity contribution in [2.24, 2.45) is 0 Å². The summed E-state index contributed by atoms with van der Waals surface area (Å²) in [6.07, 6.45) is 1.90. The van der Waals surface area contributed by atoms with Gasteiger partial charge in [0.25, 0.3) is 0 Å². The zero-order valence-electron chi connectivity index (χ0n) is 11.9. The highest BCUT2D eigenvalue weighted by Gasteiger charge is 2.24. The molecule has 0 fully saturated rings. The first-order chi connectivity index (χ1) is 10.0. The first kappa shape index (κ1) is 14.1. The number of hydrogen-bond acceptors (Lipinski definition) is 3. The maximum absolute atomic E-state index is 12.4. The van der Waals surface area contributed by atoms with Crippen molar-refractivity contribution in [2.75, 3.05) is 24.3 Å².